The average molecular weight is 544 g/mol. The molecule has 3 rings (SSSR count). The van der Waals surface area contributed by atoms with Crippen molar-refractivity contribution in [2.75, 3.05) is 32.1 Å². The highest BCUT2D eigenvalue weighted by atomic mass is 79.9. The van der Waals surface area contributed by atoms with Gasteiger partial charge in [-0.2, -0.15) is 4.31 Å². The molecule has 0 bridgehead atoms. The van der Waals surface area contributed by atoms with Crippen LogP contribution < -0.4 is 10.1 Å². The summed E-state index contributed by atoms with van der Waals surface area (Å²) in [4.78, 5) is 14.1. The van der Waals surface area contributed by atoms with Crippen molar-refractivity contribution in [3.63, 3.8) is 0 Å². The minimum absolute atomic E-state index is 0.00485. The quantitative estimate of drug-likeness (QED) is 0.601. The average Bonchev–Trinajstić information content (AvgIpc) is 2.75. The molecule has 1 aliphatic rings. The number of halogens is 2. The maximum atomic E-state index is 13.4. The number of likely N-dealkylation sites (N-methyl/N-ethyl adjacent to an activating group) is 1. The summed E-state index contributed by atoms with van der Waals surface area (Å²) in [6.45, 7) is 3.38. The Morgan fingerprint density at radius 2 is 2.09 bits per heavy atom. The van der Waals surface area contributed by atoms with Gasteiger partial charge in [-0.25, -0.2) is 17.6 Å². The molecule has 0 fully saturated rings. The van der Waals surface area contributed by atoms with Crippen molar-refractivity contribution in [2.24, 2.45) is 5.92 Å². The number of ether oxygens (including phenoxy) is 1. The topological polar surface area (TPSA) is 99.2 Å². The van der Waals surface area contributed by atoms with E-state index in [4.69, 9.17) is 4.74 Å². The predicted octanol–water partition coefficient (Wildman–Crippen LogP) is 3.52. The van der Waals surface area contributed by atoms with E-state index < -0.39 is 34.0 Å². The molecule has 0 radical (unpaired) electrons. The summed E-state index contributed by atoms with van der Waals surface area (Å²) in [5, 5.41) is 12.3. The van der Waals surface area contributed by atoms with Gasteiger partial charge in [0.1, 0.15) is 22.6 Å². The number of hydrogen-bond donors (Lipinski definition) is 2. The minimum Gasteiger partial charge on any atom is -0.487 e. The zero-order valence-electron chi connectivity index (χ0n) is 18.5. The smallest absolute Gasteiger partial charge is 0.321 e. The fraction of sp³-hybridized carbons (Fsp3) is 0.409. The highest BCUT2D eigenvalue weighted by Gasteiger charge is 2.38. The second-order valence-corrected chi connectivity index (χ2v) is 10.9. The summed E-state index contributed by atoms with van der Waals surface area (Å²) in [7, 11) is -2.34. The van der Waals surface area contributed by atoms with E-state index in [1.165, 1.54) is 33.5 Å². The van der Waals surface area contributed by atoms with Crippen LogP contribution in [-0.2, 0) is 10.0 Å². The Kier molecular flexibility index (Phi) is 7.99. The third kappa shape index (κ3) is 5.84. The van der Waals surface area contributed by atoms with Gasteiger partial charge in [0.05, 0.1) is 13.2 Å². The van der Waals surface area contributed by atoms with Crippen molar-refractivity contribution in [1.82, 2.24) is 9.21 Å². The number of carbonyl (C=O) groups excluding carboxylic acids is 1. The van der Waals surface area contributed by atoms with Gasteiger partial charge in [-0.05, 0) is 43.3 Å². The molecule has 0 unspecified atom stereocenters. The van der Waals surface area contributed by atoms with Crippen LogP contribution in [0.5, 0.6) is 5.75 Å². The van der Waals surface area contributed by atoms with E-state index in [-0.39, 0.29) is 36.3 Å². The number of nitrogens with zero attached hydrogens (tertiary/aromatic N) is 2. The summed E-state index contributed by atoms with van der Waals surface area (Å²) in [5.41, 5.74) is 0.321. The zero-order valence-corrected chi connectivity index (χ0v) is 20.9. The lowest BCUT2D eigenvalue weighted by Crippen LogP contribution is -2.50. The lowest BCUT2D eigenvalue weighted by atomic mass is 10.0. The van der Waals surface area contributed by atoms with Crippen molar-refractivity contribution >= 4 is 37.7 Å². The van der Waals surface area contributed by atoms with Crippen molar-refractivity contribution in [3.8, 4) is 5.75 Å². The number of urea groups is 1. The first-order valence-electron chi connectivity index (χ1n) is 10.4. The van der Waals surface area contributed by atoms with Crippen LogP contribution in [0.1, 0.15) is 13.8 Å². The van der Waals surface area contributed by atoms with Gasteiger partial charge in [-0.1, -0.05) is 28.9 Å². The van der Waals surface area contributed by atoms with Gasteiger partial charge in [0.15, 0.2) is 0 Å². The highest BCUT2D eigenvalue weighted by Crippen LogP contribution is 2.35. The second-order valence-electron chi connectivity index (χ2n) is 8.15. The van der Waals surface area contributed by atoms with Crippen molar-refractivity contribution in [3.05, 3.63) is 52.8 Å². The molecule has 0 saturated heterocycles. The van der Waals surface area contributed by atoms with E-state index in [2.05, 4.69) is 21.2 Å². The first kappa shape index (κ1) is 25.4. The molecule has 11 heteroatoms. The van der Waals surface area contributed by atoms with Crippen LogP contribution in [-0.4, -0.2) is 67.7 Å². The van der Waals surface area contributed by atoms with E-state index in [9.17, 15) is 22.7 Å². The van der Waals surface area contributed by atoms with Crippen molar-refractivity contribution in [1.29, 1.82) is 0 Å². The SMILES string of the molecule is C[C@H](CO)N1C[C@H](C)[C@H](CN(C)C(=O)Nc2cccc(F)c2)Oc2cc(Br)ccc2S1(=O)=O. The second kappa shape index (κ2) is 10.4. The molecular weight excluding hydrogens is 517 g/mol. The zero-order chi connectivity index (χ0) is 24.3. The molecule has 33 heavy (non-hydrogen) atoms. The van der Waals surface area contributed by atoms with Gasteiger partial charge in [-0.15, -0.1) is 0 Å². The number of anilines is 1. The Labute approximate surface area is 201 Å². The fourth-order valence-corrected chi connectivity index (χ4v) is 5.72. The first-order valence-corrected chi connectivity index (χ1v) is 12.6. The molecule has 180 valence electrons. The first-order chi connectivity index (χ1) is 15.5. The molecule has 3 atom stereocenters. The molecule has 2 N–H and O–H groups in total. The van der Waals surface area contributed by atoms with Crippen LogP contribution >= 0.6 is 15.9 Å². The van der Waals surface area contributed by atoms with Gasteiger partial charge in [0.25, 0.3) is 0 Å². The number of amides is 2. The highest BCUT2D eigenvalue weighted by molar-refractivity contribution is 9.10. The van der Waals surface area contributed by atoms with Gasteiger partial charge >= 0.3 is 6.03 Å². The van der Waals surface area contributed by atoms with Crippen LogP contribution in [0.4, 0.5) is 14.9 Å². The van der Waals surface area contributed by atoms with Crippen LogP contribution in [0.15, 0.2) is 51.8 Å². The van der Waals surface area contributed by atoms with Crippen LogP contribution in [0.3, 0.4) is 0 Å². The number of nitrogens with one attached hydrogen (secondary N) is 1. The van der Waals surface area contributed by atoms with Gasteiger partial charge in [0, 0.05) is 35.7 Å². The number of aliphatic hydroxyl groups excluding tert-OH is 1. The van der Waals surface area contributed by atoms with Crippen molar-refractivity contribution in [2.45, 2.75) is 30.9 Å². The van der Waals surface area contributed by atoms with E-state index in [1.54, 1.807) is 32.2 Å². The molecule has 1 aliphatic heterocycles. The summed E-state index contributed by atoms with van der Waals surface area (Å²) in [6, 6.07) is 9.13. The third-order valence-electron chi connectivity index (χ3n) is 5.51. The Balaban J connectivity index is 1.88. The number of fused-ring (bicyclic) bond motifs is 1. The Morgan fingerprint density at radius 3 is 2.76 bits per heavy atom. The third-order valence-corrected chi connectivity index (χ3v) is 8.02. The van der Waals surface area contributed by atoms with E-state index in [1.807, 2.05) is 6.92 Å². The summed E-state index contributed by atoms with van der Waals surface area (Å²) in [5.74, 6) is -0.616. The van der Waals surface area contributed by atoms with Crippen LogP contribution in [0.25, 0.3) is 0 Å². The maximum Gasteiger partial charge on any atom is 0.321 e. The van der Waals surface area contributed by atoms with Gasteiger partial charge in [-0.3, -0.25) is 0 Å². The molecule has 8 nitrogen and oxygen atoms in total. The Morgan fingerprint density at radius 1 is 1.36 bits per heavy atom. The minimum atomic E-state index is -3.92. The number of carbonyl (C=O) groups is 1. The number of benzene rings is 2. The number of sulfonamides is 1. The number of aliphatic hydroxyl groups is 1. The van der Waals surface area contributed by atoms with Gasteiger partial charge < -0.3 is 20.1 Å². The Bertz CT molecular complexity index is 1120. The molecule has 2 aromatic rings. The van der Waals surface area contributed by atoms with E-state index in [0.29, 0.717) is 10.2 Å². The molecule has 0 spiro atoms. The summed E-state index contributed by atoms with van der Waals surface area (Å²) < 4.78 is 48.1. The molecule has 0 aliphatic carbocycles. The lowest BCUT2D eigenvalue weighted by Gasteiger charge is -2.37. The lowest BCUT2D eigenvalue weighted by molar-refractivity contribution is 0.0829. The van der Waals surface area contributed by atoms with E-state index >= 15 is 0 Å². The van der Waals surface area contributed by atoms with Crippen molar-refractivity contribution < 1.29 is 27.4 Å². The van der Waals surface area contributed by atoms with Gasteiger partial charge in [0.2, 0.25) is 10.0 Å². The fourth-order valence-electron chi connectivity index (χ4n) is 3.56. The van der Waals surface area contributed by atoms with E-state index in [0.717, 1.165) is 0 Å². The largest absolute Gasteiger partial charge is 0.487 e. The molecule has 0 aromatic heterocycles. The maximum absolute atomic E-state index is 13.4. The number of hydrogen-bond acceptors (Lipinski definition) is 5. The molecule has 2 aromatic carbocycles. The normalized spacial score (nSPS) is 21.2. The van der Waals surface area contributed by atoms with Crippen LogP contribution in [0, 0.1) is 11.7 Å². The molecule has 1 heterocycles. The monoisotopic (exact) mass is 543 g/mol. The Hall–Kier alpha value is -2.21. The standard InChI is InChI=1S/C22H27BrFN3O5S/c1-14-11-27(15(2)13-28)33(30,31)21-8-7-16(23)9-19(21)32-20(14)12-26(3)22(29)25-18-6-4-5-17(24)10-18/h4-10,14-15,20,28H,11-13H2,1-3H3,(H,25,29)/t14-,15+,20-/m0/s1. The number of rotatable bonds is 5. The predicted molar refractivity (Wildman–Crippen MR) is 126 cm³/mol. The molecular formula is C22H27BrFN3O5S. The van der Waals surface area contributed by atoms with Crippen LogP contribution in [0.2, 0.25) is 0 Å². The molecule has 2 amide bonds. The molecule has 0 saturated carbocycles. The summed E-state index contributed by atoms with van der Waals surface area (Å²) in [6.07, 6.45) is -0.551. The summed E-state index contributed by atoms with van der Waals surface area (Å²) >= 11 is 3.35.